The highest BCUT2D eigenvalue weighted by atomic mass is 16.5. The maximum atomic E-state index is 5.87. The Balaban J connectivity index is 2.10. The number of hydrogen-bond acceptors (Lipinski definition) is 3. The fourth-order valence-corrected chi connectivity index (χ4v) is 1.77. The SMILES string of the molecule is CNC(C)c1ccccc1OCc1cccnc1. The smallest absolute Gasteiger partial charge is 0.124 e. The van der Waals surface area contributed by atoms with E-state index < -0.39 is 0 Å². The van der Waals surface area contributed by atoms with Gasteiger partial charge in [-0.15, -0.1) is 0 Å². The third-order valence-corrected chi connectivity index (χ3v) is 2.94. The van der Waals surface area contributed by atoms with Crippen molar-refractivity contribution in [2.75, 3.05) is 7.05 Å². The van der Waals surface area contributed by atoms with E-state index in [2.05, 4.69) is 23.3 Å². The zero-order valence-electron chi connectivity index (χ0n) is 10.8. The van der Waals surface area contributed by atoms with E-state index in [9.17, 15) is 0 Å². The number of pyridine rings is 1. The molecule has 0 aliphatic carbocycles. The fraction of sp³-hybridized carbons (Fsp3) is 0.267. The maximum Gasteiger partial charge on any atom is 0.124 e. The lowest BCUT2D eigenvalue weighted by Crippen LogP contribution is -2.13. The predicted octanol–water partition coefficient (Wildman–Crippen LogP) is 2.94. The van der Waals surface area contributed by atoms with E-state index in [1.807, 2.05) is 43.6 Å². The van der Waals surface area contributed by atoms with Crippen molar-refractivity contribution < 1.29 is 4.74 Å². The molecule has 3 heteroatoms. The molecule has 2 rings (SSSR count). The molecule has 0 spiro atoms. The Labute approximate surface area is 108 Å². The summed E-state index contributed by atoms with van der Waals surface area (Å²) >= 11 is 0. The van der Waals surface area contributed by atoms with Crippen molar-refractivity contribution in [3.63, 3.8) is 0 Å². The third-order valence-electron chi connectivity index (χ3n) is 2.94. The second kappa shape index (κ2) is 6.17. The molecule has 2 aromatic rings. The van der Waals surface area contributed by atoms with Crippen LogP contribution in [-0.2, 0) is 6.61 Å². The second-order valence-electron chi connectivity index (χ2n) is 4.20. The Morgan fingerprint density at radius 1 is 1.22 bits per heavy atom. The summed E-state index contributed by atoms with van der Waals surface area (Å²) in [4.78, 5) is 4.08. The Morgan fingerprint density at radius 2 is 2.06 bits per heavy atom. The molecule has 1 N–H and O–H groups in total. The topological polar surface area (TPSA) is 34.1 Å². The van der Waals surface area contributed by atoms with Gasteiger partial charge in [-0.25, -0.2) is 0 Å². The second-order valence-corrected chi connectivity index (χ2v) is 4.20. The lowest BCUT2D eigenvalue weighted by molar-refractivity contribution is 0.300. The monoisotopic (exact) mass is 242 g/mol. The van der Waals surface area contributed by atoms with E-state index in [1.54, 1.807) is 6.20 Å². The van der Waals surface area contributed by atoms with Crippen LogP contribution in [-0.4, -0.2) is 12.0 Å². The van der Waals surface area contributed by atoms with E-state index in [1.165, 1.54) is 5.56 Å². The number of para-hydroxylation sites is 1. The van der Waals surface area contributed by atoms with E-state index >= 15 is 0 Å². The van der Waals surface area contributed by atoms with E-state index in [0.717, 1.165) is 11.3 Å². The van der Waals surface area contributed by atoms with Crippen molar-refractivity contribution in [3.05, 3.63) is 59.9 Å². The van der Waals surface area contributed by atoms with Crippen LogP contribution in [0.3, 0.4) is 0 Å². The van der Waals surface area contributed by atoms with Crippen LogP contribution in [0.2, 0.25) is 0 Å². The molecule has 1 aromatic heterocycles. The van der Waals surface area contributed by atoms with Crippen molar-refractivity contribution in [2.24, 2.45) is 0 Å². The lowest BCUT2D eigenvalue weighted by atomic mass is 10.1. The van der Waals surface area contributed by atoms with Gasteiger partial charge in [-0.05, 0) is 26.1 Å². The Bertz CT molecular complexity index is 485. The number of nitrogens with zero attached hydrogens (tertiary/aromatic N) is 1. The van der Waals surface area contributed by atoms with Crippen molar-refractivity contribution in [1.82, 2.24) is 10.3 Å². The van der Waals surface area contributed by atoms with Gasteiger partial charge in [-0.1, -0.05) is 24.3 Å². The predicted molar refractivity (Wildman–Crippen MR) is 72.5 cm³/mol. The summed E-state index contributed by atoms with van der Waals surface area (Å²) < 4.78 is 5.87. The Hall–Kier alpha value is -1.87. The molecular weight excluding hydrogens is 224 g/mol. The summed E-state index contributed by atoms with van der Waals surface area (Å²) in [5.41, 5.74) is 2.24. The van der Waals surface area contributed by atoms with Crippen LogP contribution in [0.1, 0.15) is 24.1 Å². The van der Waals surface area contributed by atoms with Crippen molar-refractivity contribution in [2.45, 2.75) is 19.6 Å². The summed E-state index contributed by atoms with van der Waals surface area (Å²) in [7, 11) is 1.95. The highest BCUT2D eigenvalue weighted by Crippen LogP contribution is 2.25. The van der Waals surface area contributed by atoms with E-state index in [-0.39, 0.29) is 6.04 Å². The summed E-state index contributed by atoms with van der Waals surface area (Å²) in [6.07, 6.45) is 3.59. The largest absolute Gasteiger partial charge is 0.489 e. The van der Waals surface area contributed by atoms with E-state index in [0.29, 0.717) is 6.61 Å². The van der Waals surface area contributed by atoms with Gasteiger partial charge in [-0.3, -0.25) is 4.98 Å². The molecule has 1 unspecified atom stereocenters. The Morgan fingerprint density at radius 3 is 2.78 bits per heavy atom. The average Bonchev–Trinajstić information content (AvgIpc) is 2.45. The first-order chi connectivity index (χ1) is 8.81. The molecule has 0 amide bonds. The van der Waals surface area contributed by atoms with Crippen LogP contribution in [0.5, 0.6) is 5.75 Å². The molecule has 1 aromatic carbocycles. The molecule has 1 heterocycles. The average molecular weight is 242 g/mol. The van der Waals surface area contributed by atoms with Gasteiger partial charge in [0.05, 0.1) is 0 Å². The molecular formula is C15H18N2O. The van der Waals surface area contributed by atoms with Gasteiger partial charge in [0.2, 0.25) is 0 Å². The van der Waals surface area contributed by atoms with Gasteiger partial charge in [-0.2, -0.15) is 0 Å². The first-order valence-corrected chi connectivity index (χ1v) is 6.09. The molecule has 0 aliphatic heterocycles. The number of ether oxygens (including phenoxy) is 1. The summed E-state index contributed by atoms with van der Waals surface area (Å²) in [5, 5.41) is 3.23. The van der Waals surface area contributed by atoms with Crippen LogP contribution in [0.15, 0.2) is 48.8 Å². The summed E-state index contributed by atoms with van der Waals surface area (Å²) in [6, 6.07) is 12.3. The molecule has 0 aliphatic rings. The Kier molecular flexibility index (Phi) is 4.31. The van der Waals surface area contributed by atoms with E-state index in [4.69, 9.17) is 4.74 Å². The molecule has 0 radical (unpaired) electrons. The van der Waals surface area contributed by atoms with Crippen LogP contribution < -0.4 is 10.1 Å². The number of rotatable bonds is 5. The molecule has 0 saturated carbocycles. The lowest BCUT2D eigenvalue weighted by Gasteiger charge is -2.16. The van der Waals surface area contributed by atoms with Gasteiger partial charge in [0, 0.05) is 29.6 Å². The zero-order chi connectivity index (χ0) is 12.8. The highest BCUT2D eigenvalue weighted by Gasteiger charge is 2.09. The normalized spacial score (nSPS) is 12.1. The third kappa shape index (κ3) is 3.08. The summed E-state index contributed by atoms with van der Waals surface area (Å²) in [6.45, 7) is 2.66. The quantitative estimate of drug-likeness (QED) is 0.875. The van der Waals surface area contributed by atoms with Crippen LogP contribution in [0.4, 0.5) is 0 Å². The maximum absolute atomic E-state index is 5.87. The summed E-state index contributed by atoms with van der Waals surface area (Å²) in [5.74, 6) is 0.920. The first-order valence-electron chi connectivity index (χ1n) is 6.09. The molecule has 0 bridgehead atoms. The van der Waals surface area contributed by atoms with Crippen LogP contribution in [0, 0.1) is 0 Å². The number of nitrogens with one attached hydrogen (secondary N) is 1. The van der Waals surface area contributed by atoms with Gasteiger partial charge < -0.3 is 10.1 Å². The molecule has 94 valence electrons. The molecule has 0 saturated heterocycles. The number of aromatic nitrogens is 1. The minimum atomic E-state index is 0.273. The molecule has 3 nitrogen and oxygen atoms in total. The van der Waals surface area contributed by atoms with Crippen molar-refractivity contribution in [1.29, 1.82) is 0 Å². The highest BCUT2D eigenvalue weighted by molar-refractivity contribution is 5.35. The molecule has 1 atom stereocenters. The molecule has 18 heavy (non-hydrogen) atoms. The van der Waals surface area contributed by atoms with Crippen molar-refractivity contribution in [3.8, 4) is 5.75 Å². The standard InChI is InChI=1S/C15H18N2O/c1-12(16-2)14-7-3-4-8-15(14)18-11-13-6-5-9-17-10-13/h3-10,12,16H,11H2,1-2H3. The van der Waals surface area contributed by atoms with Gasteiger partial charge in [0.25, 0.3) is 0 Å². The van der Waals surface area contributed by atoms with Crippen molar-refractivity contribution >= 4 is 0 Å². The minimum absolute atomic E-state index is 0.273. The first kappa shape index (κ1) is 12.6. The zero-order valence-corrected chi connectivity index (χ0v) is 10.8. The fourth-order valence-electron chi connectivity index (χ4n) is 1.77. The van der Waals surface area contributed by atoms with Gasteiger partial charge in [0.15, 0.2) is 0 Å². The van der Waals surface area contributed by atoms with Crippen LogP contribution >= 0.6 is 0 Å². The van der Waals surface area contributed by atoms with Crippen LogP contribution in [0.25, 0.3) is 0 Å². The number of benzene rings is 1. The number of hydrogen-bond donors (Lipinski definition) is 1. The minimum Gasteiger partial charge on any atom is -0.489 e. The van der Waals surface area contributed by atoms with Gasteiger partial charge in [0.1, 0.15) is 12.4 Å². The molecule has 0 fully saturated rings. The van der Waals surface area contributed by atoms with Gasteiger partial charge >= 0.3 is 0 Å².